The molecular weight excluding hydrogens is 408 g/mol. The lowest BCUT2D eigenvalue weighted by molar-refractivity contribution is -0.135. The van der Waals surface area contributed by atoms with Crippen molar-refractivity contribution in [2.45, 2.75) is 50.6 Å². The average Bonchev–Trinajstić information content (AvgIpc) is 3.40. The number of hydrogen-bond acceptors (Lipinski definition) is 5. The van der Waals surface area contributed by atoms with Crippen LogP contribution in [-0.2, 0) is 16.8 Å². The molecule has 1 spiro atoms. The van der Waals surface area contributed by atoms with E-state index in [-0.39, 0.29) is 23.9 Å². The van der Waals surface area contributed by atoms with Crippen LogP contribution in [0, 0.1) is 0 Å². The zero-order chi connectivity index (χ0) is 21.9. The Hall–Kier alpha value is -3.22. The molecule has 3 heterocycles. The first-order valence-corrected chi connectivity index (χ1v) is 11.4. The van der Waals surface area contributed by atoms with Crippen LogP contribution >= 0.6 is 0 Å². The van der Waals surface area contributed by atoms with Crippen LogP contribution in [0.4, 0.5) is 0 Å². The molecule has 0 bridgehead atoms. The van der Waals surface area contributed by atoms with Crippen molar-refractivity contribution in [3.8, 4) is 11.5 Å². The molecule has 3 aromatic rings. The Labute approximate surface area is 185 Å². The molecule has 0 radical (unpaired) electrons. The van der Waals surface area contributed by atoms with Crippen LogP contribution in [0.2, 0.25) is 0 Å². The number of nitrogens with zero attached hydrogens (tertiary/aromatic N) is 2. The van der Waals surface area contributed by atoms with Crippen molar-refractivity contribution in [3.05, 3.63) is 58.1 Å². The number of oxazole rings is 1. The molecule has 1 aromatic heterocycles. The summed E-state index contributed by atoms with van der Waals surface area (Å²) in [7, 11) is 0. The van der Waals surface area contributed by atoms with Gasteiger partial charge < -0.3 is 18.8 Å². The van der Waals surface area contributed by atoms with Gasteiger partial charge in [-0.15, -0.1) is 0 Å². The van der Waals surface area contributed by atoms with Crippen molar-refractivity contribution in [1.29, 1.82) is 0 Å². The number of aromatic nitrogens is 1. The van der Waals surface area contributed by atoms with Gasteiger partial charge >= 0.3 is 5.76 Å². The van der Waals surface area contributed by atoms with Crippen LogP contribution < -0.4 is 15.2 Å². The van der Waals surface area contributed by atoms with Gasteiger partial charge in [-0.3, -0.25) is 9.36 Å². The zero-order valence-corrected chi connectivity index (χ0v) is 18.1. The highest BCUT2D eigenvalue weighted by Gasteiger charge is 2.46. The maximum atomic E-state index is 13.6. The van der Waals surface area contributed by atoms with Gasteiger partial charge in [-0.2, -0.15) is 0 Å². The third-order valence-corrected chi connectivity index (χ3v) is 7.42. The normalized spacial score (nSPS) is 21.2. The van der Waals surface area contributed by atoms with Crippen molar-refractivity contribution in [2.24, 2.45) is 0 Å². The molecule has 1 amide bonds. The summed E-state index contributed by atoms with van der Waals surface area (Å²) in [6.07, 6.45) is 4.39. The predicted octanol–water partition coefficient (Wildman–Crippen LogP) is 3.78. The van der Waals surface area contributed by atoms with Gasteiger partial charge in [-0.1, -0.05) is 25.0 Å². The molecule has 3 aliphatic rings. The number of rotatable bonds is 2. The van der Waals surface area contributed by atoms with Crippen molar-refractivity contribution in [2.75, 3.05) is 19.8 Å². The van der Waals surface area contributed by atoms with E-state index >= 15 is 0 Å². The number of amides is 1. The summed E-state index contributed by atoms with van der Waals surface area (Å²) in [6.45, 7) is 3.78. The van der Waals surface area contributed by atoms with Gasteiger partial charge in [0.1, 0.15) is 19.8 Å². The topological polar surface area (TPSA) is 73.9 Å². The lowest BCUT2D eigenvalue weighted by Crippen LogP contribution is -2.50. The number of carbonyl (C=O) groups is 1. The van der Waals surface area contributed by atoms with Crippen LogP contribution in [0.25, 0.3) is 11.1 Å². The first kappa shape index (κ1) is 19.5. The minimum atomic E-state index is -0.500. The Morgan fingerprint density at radius 3 is 2.59 bits per heavy atom. The van der Waals surface area contributed by atoms with Crippen molar-refractivity contribution in [3.63, 3.8) is 0 Å². The molecule has 7 heteroatoms. The summed E-state index contributed by atoms with van der Waals surface area (Å²) in [4.78, 5) is 28.0. The number of carbonyl (C=O) groups excluding carboxylic acids is 1. The Morgan fingerprint density at radius 1 is 1.09 bits per heavy atom. The highest BCUT2D eigenvalue weighted by atomic mass is 16.6. The Morgan fingerprint density at radius 2 is 1.81 bits per heavy atom. The van der Waals surface area contributed by atoms with E-state index in [1.807, 2.05) is 23.1 Å². The number of fused-ring (bicyclic) bond motifs is 4. The molecule has 166 valence electrons. The molecule has 32 heavy (non-hydrogen) atoms. The molecule has 1 unspecified atom stereocenters. The zero-order valence-electron chi connectivity index (χ0n) is 18.1. The molecular formula is C25H26N2O5. The van der Waals surface area contributed by atoms with E-state index in [0.717, 1.165) is 42.7 Å². The third kappa shape index (κ3) is 2.87. The summed E-state index contributed by atoms with van der Waals surface area (Å²) in [5.41, 5.74) is 3.49. The maximum Gasteiger partial charge on any atom is 0.420 e. The number of ether oxygens (including phenoxy) is 2. The van der Waals surface area contributed by atoms with E-state index in [1.165, 1.54) is 10.1 Å². The fourth-order valence-corrected chi connectivity index (χ4v) is 5.80. The van der Waals surface area contributed by atoms with Crippen LogP contribution in [0.1, 0.15) is 49.8 Å². The second kappa shape index (κ2) is 7.15. The number of hydrogen-bond donors (Lipinski definition) is 0. The molecule has 1 fully saturated rings. The van der Waals surface area contributed by atoms with Crippen molar-refractivity contribution < 1.29 is 18.7 Å². The van der Waals surface area contributed by atoms with Gasteiger partial charge in [0.25, 0.3) is 0 Å². The van der Waals surface area contributed by atoms with E-state index in [2.05, 4.69) is 19.1 Å². The second-order valence-electron chi connectivity index (χ2n) is 9.19. The van der Waals surface area contributed by atoms with Gasteiger partial charge in [0.15, 0.2) is 17.1 Å². The van der Waals surface area contributed by atoms with E-state index in [1.54, 1.807) is 6.07 Å². The number of benzene rings is 2. The van der Waals surface area contributed by atoms with Crippen molar-refractivity contribution in [1.82, 2.24) is 9.47 Å². The van der Waals surface area contributed by atoms with E-state index in [9.17, 15) is 9.59 Å². The standard InChI is InChI=1S/C25H26N2O5/c1-16-17-12-21-22(31-11-10-30-21)13-18(17)25(8-4-5-9-25)15-27(16)23(28)14-26-19-6-2-3-7-20(19)32-24(26)29/h2-3,6-7,12-13,16H,4-5,8-11,14-15H2,1H3. The average molecular weight is 434 g/mol. The molecule has 0 N–H and O–H groups in total. The third-order valence-electron chi connectivity index (χ3n) is 7.42. The van der Waals surface area contributed by atoms with Gasteiger partial charge in [0.2, 0.25) is 5.91 Å². The summed E-state index contributed by atoms with van der Waals surface area (Å²) in [5, 5.41) is 0. The van der Waals surface area contributed by atoms with Crippen LogP contribution in [0.3, 0.4) is 0 Å². The SMILES string of the molecule is CC1c2cc3c(cc2C2(CCCC2)CN1C(=O)Cn1c(=O)oc2ccccc21)OCCO3. The molecule has 2 aliphatic heterocycles. The molecule has 1 saturated carbocycles. The summed E-state index contributed by atoms with van der Waals surface area (Å²) in [6, 6.07) is 11.3. The highest BCUT2D eigenvalue weighted by Crippen LogP contribution is 2.51. The Kier molecular flexibility index (Phi) is 4.35. The first-order chi connectivity index (χ1) is 15.6. The van der Waals surface area contributed by atoms with Gasteiger partial charge in [-0.25, -0.2) is 4.79 Å². The lowest BCUT2D eigenvalue weighted by atomic mass is 9.71. The Balaban J connectivity index is 1.39. The van der Waals surface area contributed by atoms with Gasteiger partial charge in [0.05, 0.1) is 11.6 Å². The molecule has 6 rings (SSSR count). The second-order valence-corrected chi connectivity index (χ2v) is 9.19. The molecule has 1 atom stereocenters. The lowest BCUT2D eigenvalue weighted by Gasteiger charge is -2.46. The van der Waals surface area contributed by atoms with E-state index < -0.39 is 5.76 Å². The van der Waals surface area contributed by atoms with Gasteiger partial charge in [-0.05, 0) is 55.2 Å². The summed E-state index contributed by atoms with van der Waals surface area (Å²) in [5.74, 6) is 0.990. The maximum absolute atomic E-state index is 13.6. The molecule has 1 aliphatic carbocycles. The van der Waals surface area contributed by atoms with E-state index in [0.29, 0.717) is 30.9 Å². The smallest absolute Gasteiger partial charge is 0.420 e. The van der Waals surface area contributed by atoms with Crippen LogP contribution in [0.15, 0.2) is 45.6 Å². The molecule has 7 nitrogen and oxygen atoms in total. The minimum Gasteiger partial charge on any atom is -0.486 e. The summed E-state index contributed by atoms with van der Waals surface area (Å²) < 4.78 is 18.5. The fourth-order valence-electron chi connectivity index (χ4n) is 5.80. The quantitative estimate of drug-likeness (QED) is 0.614. The summed E-state index contributed by atoms with van der Waals surface area (Å²) >= 11 is 0. The van der Waals surface area contributed by atoms with E-state index in [4.69, 9.17) is 13.9 Å². The molecule has 2 aromatic carbocycles. The van der Waals surface area contributed by atoms with Crippen molar-refractivity contribution >= 4 is 17.0 Å². The van der Waals surface area contributed by atoms with Gasteiger partial charge in [0, 0.05) is 12.0 Å². The fraction of sp³-hybridized carbons (Fsp3) is 0.440. The minimum absolute atomic E-state index is 0.0316. The number of para-hydroxylation sites is 2. The monoisotopic (exact) mass is 434 g/mol. The van der Waals surface area contributed by atoms with Crippen LogP contribution in [0.5, 0.6) is 11.5 Å². The Bertz CT molecular complexity index is 1270. The highest BCUT2D eigenvalue weighted by molar-refractivity contribution is 5.80. The van der Waals surface area contributed by atoms with Crippen LogP contribution in [-0.4, -0.2) is 35.1 Å². The molecule has 0 saturated heterocycles. The first-order valence-electron chi connectivity index (χ1n) is 11.4. The predicted molar refractivity (Wildman–Crippen MR) is 118 cm³/mol. The largest absolute Gasteiger partial charge is 0.486 e.